The minimum Gasteiger partial charge on any atom is -0.356 e. The van der Waals surface area contributed by atoms with E-state index in [0.29, 0.717) is 6.04 Å². The Kier molecular flexibility index (Phi) is 3.59. The summed E-state index contributed by atoms with van der Waals surface area (Å²) in [5, 5.41) is 6.37. The van der Waals surface area contributed by atoms with E-state index in [1.807, 2.05) is 0 Å². The number of nitrogens with zero attached hydrogens (tertiary/aromatic N) is 1. The van der Waals surface area contributed by atoms with Crippen LogP contribution in [0.4, 0.5) is 0 Å². The van der Waals surface area contributed by atoms with Crippen molar-refractivity contribution < 1.29 is 4.79 Å². The highest BCUT2D eigenvalue weighted by Crippen LogP contribution is 2.14. The summed E-state index contributed by atoms with van der Waals surface area (Å²) >= 11 is 0. The molecule has 2 rings (SSSR count). The Morgan fingerprint density at radius 3 is 2.87 bits per heavy atom. The first-order valence-electron chi connectivity index (χ1n) is 5.95. The van der Waals surface area contributed by atoms with Gasteiger partial charge in [-0.2, -0.15) is 0 Å². The molecule has 2 aliphatic heterocycles. The van der Waals surface area contributed by atoms with E-state index in [1.165, 1.54) is 6.42 Å². The van der Waals surface area contributed by atoms with Gasteiger partial charge in [-0.1, -0.05) is 0 Å². The third kappa shape index (κ3) is 2.92. The molecular weight excluding hydrogens is 190 g/mol. The molecule has 2 atom stereocenters. The van der Waals surface area contributed by atoms with Crippen LogP contribution in [0.2, 0.25) is 0 Å². The van der Waals surface area contributed by atoms with E-state index < -0.39 is 0 Å². The Hall–Kier alpha value is -0.610. The Morgan fingerprint density at radius 1 is 1.53 bits per heavy atom. The second kappa shape index (κ2) is 4.94. The summed E-state index contributed by atoms with van der Waals surface area (Å²) in [6.45, 7) is 3.96. The van der Waals surface area contributed by atoms with Gasteiger partial charge in [0, 0.05) is 19.1 Å². The first-order chi connectivity index (χ1) is 7.25. The lowest BCUT2D eigenvalue weighted by Gasteiger charge is -2.27. The van der Waals surface area contributed by atoms with Gasteiger partial charge in [-0.25, -0.2) is 0 Å². The van der Waals surface area contributed by atoms with Crippen molar-refractivity contribution in [2.24, 2.45) is 5.92 Å². The van der Waals surface area contributed by atoms with Crippen LogP contribution in [0.5, 0.6) is 0 Å². The van der Waals surface area contributed by atoms with E-state index in [0.717, 1.165) is 39.0 Å². The molecule has 4 heteroatoms. The molecular formula is C11H21N3O. The molecule has 0 aliphatic carbocycles. The largest absolute Gasteiger partial charge is 0.356 e. The SMILES string of the molecule is CN1CCC(C(=O)NCCC2CCN2)C1. The lowest BCUT2D eigenvalue weighted by molar-refractivity contribution is -0.124. The quantitative estimate of drug-likeness (QED) is 0.677. The Balaban J connectivity index is 1.59. The lowest BCUT2D eigenvalue weighted by Crippen LogP contribution is -2.45. The number of amides is 1. The van der Waals surface area contributed by atoms with Crippen LogP contribution < -0.4 is 10.6 Å². The number of likely N-dealkylation sites (tertiary alicyclic amines) is 1. The van der Waals surface area contributed by atoms with E-state index >= 15 is 0 Å². The van der Waals surface area contributed by atoms with Gasteiger partial charge in [0.05, 0.1) is 5.92 Å². The monoisotopic (exact) mass is 211 g/mol. The topological polar surface area (TPSA) is 44.4 Å². The van der Waals surface area contributed by atoms with Crippen LogP contribution in [0.3, 0.4) is 0 Å². The Bertz CT molecular complexity index is 228. The van der Waals surface area contributed by atoms with Gasteiger partial charge < -0.3 is 15.5 Å². The van der Waals surface area contributed by atoms with Crippen molar-refractivity contribution >= 4 is 5.91 Å². The van der Waals surface area contributed by atoms with Crippen molar-refractivity contribution in [3.8, 4) is 0 Å². The average Bonchev–Trinajstić information content (AvgIpc) is 2.56. The molecule has 15 heavy (non-hydrogen) atoms. The molecule has 86 valence electrons. The zero-order chi connectivity index (χ0) is 10.7. The summed E-state index contributed by atoms with van der Waals surface area (Å²) in [7, 11) is 2.07. The normalized spacial score (nSPS) is 31.3. The zero-order valence-corrected chi connectivity index (χ0v) is 9.46. The number of rotatable bonds is 4. The van der Waals surface area contributed by atoms with Gasteiger partial charge in [-0.3, -0.25) is 4.79 Å². The predicted octanol–water partition coefficient (Wildman–Crippen LogP) is -0.194. The molecule has 2 fully saturated rings. The van der Waals surface area contributed by atoms with Crippen molar-refractivity contribution in [2.45, 2.75) is 25.3 Å². The van der Waals surface area contributed by atoms with Crippen LogP contribution in [0.1, 0.15) is 19.3 Å². The highest BCUT2D eigenvalue weighted by Gasteiger charge is 2.26. The minimum absolute atomic E-state index is 0.226. The smallest absolute Gasteiger partial charge is 0.224 e. The summed E-state index contributed by atoms with van der Waals surface area (Å²) in [5.74, 6) is 0.475. The number of hydrogen-bond donors (Lipinski definition) is 2. The molecule has 0 saturated carbocycles. The van der Waals surface area contributed by atoms with Gasteiger partial charge in [0.1, 0.15) is 0 Å². The van der Waals surface area contributed by atoms with E-state index in [9.17, 15) is 4.79 Å². The summed E-state index contributed by atoms with van der Waals surface area (Å²) in [6.07, 6.45) is 3.36. The molecule has 0 aromatic rings. The summed E-state index contributed by atoms with van der Waals surface area (Å²) in [4.78, 5) is 13.9. The Labute approximate surface area is 91.4 Å². The molecule has 2 N–H and O–H groups in total. The Morgan fingerprint density at radius 2 is 2.33 bits per heavy atom. The van der Waals surface area contributed by atoms with Crippen molar-refractivity contribution in [1.29, 1.82) is 0 Å². The second-order valence-electron chi connectivity index (χ2n) is 4.77. The fourth-order valence-electron chi connectivity index (χ4n) is 2.26. The van der Waals surface area contributed by atoms with E-state index in [-0.39, 0.29) is 11.8 Å². The predicted molar refractivity (Wildman–Crippen MR) is 59.6 cm³/mol. The maximum absolute atomic E-state index is 11.7. The van der Waals surface area contributed by atoms with Gasteiger partial charge in [-0.05, 0) is 39.4 Å². The molecule has 2 saturated heterocycles. The van der Waals surface area contributed by atoms with E-state index in [4.69, 9.17) is 0 Å². The van der Waals surface area contributed by atoms with Crippen molar-refractivity contribution in [1.82, 2.24) is 15.5 Å². The maximum Gasteiger partial charge on any atom is 0.224 e. The van der Waals surface area contributed by atoms with Gasteiger partial charge in [0.25, 0.3) is 0 Å². The van der Waals surface area contributed by atoms with Crippen LogP contribution in [-0.2, 0) is 4.79 Å². The first-order valence-corrected chi connectivity index (χ1v) is 5.95. The van der Waals surface area contributed by atoms with Crippen LogP contribution in [0, 0.1) is 5.92 Å². The van der Waals surface area contributed by atoms with Crippen molar-refractivity contribution in [3.05, 3.63) is 0 Å². The van der Waals surface area contributed by atoms with Gasteiger partial charge in [0.2, 0.25) is 5.91 Å². The first kappa shape index (κ1) is 10.9. The molecule has 2 unspecified atom stereocenters. The van der Waals surface area contributed by atoms with Gasteiger partial charge >= 0.3 is 0 Å². The third-order valence-electron chi connectivity index (χ3n) is 3.48. The lowest BCUT2D eigenvalue weighted by atomic mass is 10.0. The molecule has 0 bridgehead atoms. The molecule has 1 amide bonds. The molecule has 0 aromatic heterocycles. The fraction of sp³-hybridized carbons (Fsp3) is 0.909. The van der Waals surface area contributed by atoms with Crippen LogP contribution in [-0.4, -0.2) is 50.1 Å². The number of carbonyl (C=O) groups excluding carboxylic acids is 1. The van der Waals surface area contributed by atoms with Crippen molar-refractivity contribution in [2.75, 3.05) is 33.2 Å². The zero-order valence-electron chi connectivity index (χ0n) is 9.46. The van der Waals surface area contributed by atoms with Crippen molar-refractivity contribution in [3.63, 3.8) is 0 Å². The average molecular weight is 211 g/mol. The molecule has 4 nitrogen and oxygen atoms in total. The minimum atomic E-state index is 0.226. The third-order valence-corrected chi connectivity index (χ3v) is 3.48. The molecule has 2 heterocycles. The molecule has 0 aromatic carbocycles. The summed E-state index contributed by atoms with van der Waals surface area (Å²) in [6, 6.07) is 0.650. The number of carbonyl (C=O) groups is 1. The van der Waals surface area contributed by atoms with Crippen LogP contribution in [0.25, 0.3) is 0 Å². The maximum atomic E-state index is 11.7. The highest BCUT2D eigenvalue weighted by molar-refractivity contribution is 5.79. The number of nitrogens with one attached hydrogen (secondary N) is 2. The molecule has 2 aliphatic rings. The van der Waals surface area contributed by atoms with E-state index in [1.54, 1.807) is 0 Å². The summed E-state index contributed by atoms with van der Waals surface area (Å²) in [5.41, 5.74) is 0. The summed E-state index contributed by atoms with van der Waals surface area (Å²) < 4.78 is 0. The number of hydrogen-bond acceptors (Lipinski definition) is 3. The standard InChI is InChI=1S/C11H21N3O/c1-14-7-4-9(8-14)11(15)13-6-3-10-2-5-12-10/h9-10,12H,2-8H2,1H3,(H,13,15). The molecule has 0 spiro atoms. The van der Waals surface area contributed by atoms with Gasteiger partial charge in [0.15, 0.2) is 0 Å². The van der Waals surface area contributed by atoms with E-state index in [2.05, 4.69) is 22.6 Å². The van der Waals surface area contributed by atoms with Gasteiger partial charge in [-0.15, -0.1) is 0 Å². The second-order valence-corrected chi connectivity index (χ2v) is 4.77. The highest BCUT2D eigenvalue weighted by atomic mass is 16.1. The van der Waals surface area contributed by atoms with Crippen LogP contribution in [0.15, 0.2) is 0 Å². The molecule has 0 radical (unpaired) electrons. The fourth-order valence-corrected chi connectivity index (χ4v) is 2.26. The van der Waals surface area contributed by atoms with Crippen LogP contribution >= 0.6 is 0 Å².